The Balaban J connectivity index is 2.14. The predicted molar refractivity (Wildman–Crippen MR) is 112 cm³/mol. The van der Waals surface area contributed by atoms with Crippen LogP contribution >= 0.6 is 0 Å². The Morgan fingerprint density at radius 3 is 2.41 bits per heavy atom. The molecule has 0 amide bonds. The molecule has 148 valence electrons. The van der Waals surface area contributed by atoms with E-state index in [9.17, 15) is 0 Å². The Kier molecular flexibility index (Phi) is 7.73. The molecule has 2 rings (SSSR count). The second-order valence-electron chi connectivity index (χ2n) is 6.91. The molecule has 1 N–H and O–H groups in total. The lowest BCUT2D eigenvalue weighted by atomic mass is 10.1. The standard InChI is InChI=1S/C21H33N5O/c1-7-22-21(26(5)16-18-9-8-14-25(18)4)23-15-20(24(2)3)17-10-12-19(27-6)13-11-17/h8-14,20H,7,15-16H2,1-6H3,(H,22,23). The minimum atomic E-state index is 0.202. The molecular weight excluding hydrogens is 338 g/mol. The number of rotatable bonds is 8. The van der Waals surface area contributed by atoms with Gasteiger partial charge in [0.25, 0.3) is 0 Å². The average Bonchev–Trinajstić information content (AvgIpc) is 3.05. The van der Waals surface area contributed by atoms with Crippen LogP contribution in [0, 0.1) is 0 Å². The highest BCUT2D eigenvalue weighted by atomic mass is 16.5. The Bertz CT molecular complexity index is 720. The maximum Gasteiger partial charge on any atom is 0.194 e. The van der Waals surface area contributed by atoms with E-state index >= 15 is 0 Å². The van der Waals surface area contributed by atoms with E-state index in [-0.39, 0.29) is 6.04 Å². The van der Waals surface area contributed by atoms with E-state index in [4.69, 9.17) is 9.73 Å². The fourth-order valence-corrected chi connectivity index (χ4v) is 3.01. The Labute approximate surface area is 163 Å². The lowest BCUT2D eigenvalue weighted by Gasteiger charge is -2.26. The van der Waals surface area contributed by atoms with Gasteiger partial charge in [0.05, 0.1) is 26.2 Å². The van der Waals surface area contributed by atoms with Crippen molar-refractivity contribution in [2.45, 2.75) is 19.5 Å². The molecule has 0 aliphatic carbocycles. The molecule has 0 aliphatic rings. The van der Waals surface area contributed by atoms with Crippen molar-refractivity contribution in [1.29, 1.82) is 0 Å². The zero-order valence-electron chi connectivity index (χ0n) is 17.4. The van der Waals surface area contributed by atoms with Crippen LogP contribution in [0.2, 0.25) is 0 Å². The van der Waals surface area contributed by atoms with E-state index in [1.165, 1.54) is 11.3 Å². The van der Waals surface area contributed by atoms with Gasteiger partial charge in [0.1, 0.15) is 5.75 Å². The normalized spacial score (nSPS) is 12.9. The molecular formula is C21H33N5O. The SMILES string of the molecule is CCNC(=NCC(c1ccc(OC)cc1)N(C)C)N(C)Cc1cccn1C. The Hall–Kier alpha value is -2.47. The quantitative estimate of drug-likeness (QED) is 0.572. The van der Waals surface area contributed by atoms with Gasteiger partial charge in [0.2, 0.25) is 0 Å². The van der Waals surface area contributed by atoms with Crippen LogP contribution in [0.3, 0.4) is 0 Å². The molecule has 1 unspecified atom stereocenters. The molecule has 0 saturated heterocycles. The second kappa shape index (κ2) is 10.0. The van der Waals surface area contributed by atoms with Crippen molar-refractivity contribution in [2.75, 3.05) is 41.3 Å². The fourth-order valence-electron chi connectivity index (χ4n) is 3.01. The monoisotopic (exact) mass is 371 g/mol. The number of aryl methyl sites for hydroxylation is 1. The molecule has 1 aromatic carbocycles. The predicted octanol–water partition coefficient (Wildman–Crippen LogP) is 2.73. The van der Waals surface area contributed by atoms with Gasteiger partial charge in [0.15, 0.2) is 5.96 Å². The smallest absolute Gasteiger partial charge is 0.194 e. The van der Waals surface area contributed by atoms with Crippen LogP contribution in [0.25, 0.3) is 0 Å². The highest BCUT2D eigenvalue weighted by molar-refractivity contribution is 5.79. The minimum Gasteiger partial charge on any atom is -0.497 e. The molecule has 0 fully saturated rings. The highest BCUT2D eigenvalue weighted by Crippen LogP contribution is 2.21. The van der Waals surface area contributed by atoms with Crippen molar-refractivity contribution in [3.8, 4) is 5.75 Å². The Morgan fingerprint density at radius 1 is 1.19 bits per heavy atom. The van der Waals surface area contributed by atoms with E-state index in [0.717, 1.165) is 24.8 Å². The van der Waals surface area contributed by atoms with Gasteiger partial charge in [-0.15, -0.1) is 0 Å². The first-order valence-corrected chi connectivity index (χ1v) is 9.36. The van der Waals surface area contributed by atoms with Crippen LogP contribution in [0.5, 0.6) is 5.75 Å². The maximum atomic E-state index is 5.27. The summed E-state index contributed by atoms with van der Waals surface area (Å²) in [5.74, 6) is 1.79. The van der Waals surface area contributed by atoms with Crippen LogP contribution < -0.4 is 10.1 Å². The zero-order valence-corrected chi connectivity index (χ0v) is 17.4. The third kappa shape index (κ3) is 5.76. The van der Waals surface area contributed by atoms with Crippen LogP contribution in [-0.4, -0.2) is 61.7 Å². The van der Waals surface area contributed by atoms with Gasteiger partial charge in [0, 0.05) is 32.5 Å². The number of aromatic nitrogens is 1. The molecule has 1 atom stereocenters. The summed E-state index contributed by atoms with van der Waals surface area (Å²) in [6, 6.07) is 12.6. The van der Waals surface area contributed by atoms with Crippen molar-refractivity contribution < 1.29 is 4.74 Å². The molecule has 2 aromatic rings. The van der Waals surface area contributed by atoms with Crippen molar-refractivity contribution in [3.05, 3.63) is 53.9 Å². The van der Waals surface area contributed by atoms with Gasteiger partial charge in [-0.1, -0.05) is 12.1 Å². The van der Waals surface area contributed by atoms with Gasteiger partial charge in [-0.05, 0) is 50.8 Å². The summed E-state index contributed by atoms with van der Waals surface area (Å²) in [5, 5.41) is 3.41. The minimum absolute atomic E-state index is 0.202. The third-order valence-electron chi connectivity index (χ3n) is 4.68. The molecule has 6 nitrogen and oxygen atoms in total. The van der Waals surface area contributed by atoms with Crippen molar-refractivity contribution in [3.63, 3.8) is 0 Å². The number of hydrogen-bond donors (Lipinski definition) is 1. The van der Waals surface area contributed by atoms with E-state index in [0.29, 0.717) is 6.54 Å². The summed E-state index contributed by atoms with van der Waals surface area (Å²) >= 11 is 0. The van der Waals surface area contributed by atoms with E-state index < -0.39 is 0 Å². The molecule has 6 heteroatoms. The lowest BCUT2D eigenvalue weighted by molar-refractivity contribution is 0.304. The van der Waals surface area contributed by atoms with Crippen LogP contribution in [0.1, 0.15) is 24.2 Å². The summed E-state index contributed by atoms with van der Waals surface area (Å²) in [4.78, 5) is 9.28. The first-order valence-electron chi connectivity index (χ1n) is 9.36. The highest BCUT2D eigenvalue weighted by Gasteiger charge is 2.15. The fraction of sp³-hybridized carbons (Fsp3) is 0.476. The Morgan fingerprint density at radius 2 is 1.89 bits per heavy atom. The van der Waals surface area contributed by atoms with Gasteiger partial charge in [-0.2, -0.15) is 0 Å². The lowest BCUT2D eigenvalue weighted by Crippen LogP contribution is -2.39. The van der Waals surface area contributed by atoms with Crippen molar-refractivity contribution >= 4 is 5.96 Å². The topological polar surface area (TPSA) is 45.0 Å². The summed E-state index contributed by atoms with van der Waals surface area (Å²) in [6.07, 6.45) is 2.07. The van der Waals surface area contributed by atoms with Crippen molar-refractivity contribution in [1.82, 2.24) is 19.7 Å². The number of aliphatic imine (C=N–C) groups is 1. The van der Waals surface area contributed by atoms with Crippen LogP contribution in [-0.2, 0) is 13.6 Å². The van der Waals surface area contributed by atoms with Gasteiger partial charge >= 0.3 is 0 Å². The van der Waals surface area contributed by atoms with E-state index in [2.05, 4.69) is 85.3 Å². The van der Waals surface area contributed by atoms with Crippen LogP contribution in [0.15, 0.2) is 47.6 Å². The number of guanidine groups is 1. The summed E-state index contributed by atoms with van der Waals surface area (Å²) in [5.41, 5.74) is 2.48. The summed E-state index contributed by atoms with van der Waals surface area (Å²) in [7, 11) is 10.0. The summed E-state index contributed by atoms with van der Waals surface area (Å²) in [6.45, 7) is 4.42. The van der Waals surface area contributed by atoms with Crippen molar-refractivity contribution in [2.24, 2.45) is 12.0 Å². The number of nitrogens with one attached hydrogen (secondary N) is 1. The molecule has 0 aliphatic heterocycles. The number of methoxy groups -OCH3 is 1. The third-order valence-corrected chi connectivity index (χ3v) is 4.68. The van der Waals surface area contributed by atoms with Gasteiger partial charge in [-0.25, -0.2) is 0 Å². The van der Waals surface area contributed by atoms with E-state index in [1.807, 2.05) is 12.1 Å². The first-order chi connectivity index (χ1) is 13.0. The number of ether oxygens (including phenoxy) is 1. The second-order valence-corrected chi connectivity index (χ2v) is 6.91. The molecule has 0 bridgehead atoms. The van der Waals surface area contributed by atoms with Gasteiger partial charge in [-0.3, -0.25) is 4.99 Å². The van der Waals surface area contributed by atoms with Crippen LogP contribution in [0.4, 0.5) is 0 Å². The number of nitrogens with zero attached hydrogens (tertiary/aromatic N) is 4. The zero-order chi connectivity index (χ0) is 19.8. The molecule has 1 heterocycles. The number of likely N-dealkylation sites (N-methyl/N-ethyl adjacent to an activating group) is 1. The van der Waals surface area contributed by atoms with E-state index in [1.54, 1.807) is 7.11 Å². The average molecular weight is 372 g/mol. The maximum absolute atomic E-state index is 5.27. The molecule has 0 saturated carbocycles. The largest absolute Gasteiger partial charge is 0.497 e. The first kappa shape index (κ1) is 20.8. The number of benzene rings is 1. The molecule has 0 spiro atoms. The number of hydrogen-bond acceptors (Lipinski definition) is 3. The molecule has 1 aromatic heterocycles. The molecule has 27 heavy (non-hydrogen) atoms. The van der Waals surface area contributed by atoms with Gasteiger partial charge < -0.3 is 24.4 Å². The molecule has 0 radical (unpaired) electrons. The summed E-state index contributed by atoms with van der Waals surface area (Å²) < 4.78 is 7.41.